The molecule has 0 aliphatic rings. The van der Waals surface area contributed by atoms with Gasteiger partial charge in [-0.25, -0.2) is 4.98 Å². The minimum Gasteiger partial charge on any atom is -0.359 e. The molecule has 0 atom stereocenters. The number of anilines is 1. The Labute approximate surface area is 111 Å². The molecule has 0 saturated carbocycles. The number of rotatable bonds is 5. The van der Waals surface area contributed by atoms with E-state index in [0.29, 0.717) is 6.54 Å². The molecule has 0 bridgehead atoms. The summed E-state index contributed by atoms with van der Waals surface area (Å²) in [5.41, 5.74) is 8.35. The molecule has 0 unspecified atom stereocenters. The summed E-state index contributed by atoms with van der Waals surface area (Å²) in [5, 5.41) is 0. The van der Waals surface area contributed by atoms with Crippen molar-refractivity contribution < 1.29 is 0 Å². The molecule has 2 N–H and O–H groups in total. The first-order valence-corrected chi connectivity index (χ1v) is 6.76. The Kier molecular flexibility index (Phi) is 5.15. The van der Waals surface area contributed by atoms with E-state index in [0.717, 1.165) is 30.9 Å². The molecule has 1 rings (SSSR count). The average molecular weight is 249 g/mol. The third-order valence-electron chi connectivity index (χ3n) is 2.77. The van der Waals surface area contributed by atoms with Gasteiger partial charge in [0.1, 0.15) is 5.82 Å². The quantitative estimate of drug-likeness (QED) is 0.872. The molecule has 0 aliphatic heterocycles. The van der Waals surface area contributed by atoms with Gasteiger partial charge in [0.2, 0.25) is 0 Å². The van der Waals surface area contributed by atoms with E-state index in [9.17, 15) is 0 Å². The van der Waals surface area contributed by atoms with Crippen molar-refractivity contribution in [2.24, 2.45) is 11.1 Å². The van der Waals surface area contributed by atoms with Crippen LogP contribution in [0, 0.1) is 5.41 Å². The number of hydrogen-bond acceptors (Lipinski definition) is 3. The van der Waals surface area contributed by atoms with E-state index in [4.69, 9.17) is 10.7 Å². The van der Waals surface area contributed by atoms with E-state index in [1.807, 2.05) is 0 Å². The van der Waals surface area contributed by atoms with Crippen molar-refractivity contribution in [3.8, 4) is 0 Å². The summed E-state index contributed by atoms with van der Waals surface area (Å²) in [4.78, 5) is 6.95. The summed E-state index contributed by atoms with van der Waals surface area (Å²) in [6, 6.07) is 4.23. The fourth-order valence-electron chi connectivity index (χ4n) is 2.12. The van der Waals surface area contributed by atoms with E-state index in [1.165, 1.54) is 5.56 Å². The maximum Gasteiger partial charge on any atom is 0.128 e. The van der Waals surface area contributed by atoms with Crippen LogP contribution in [-0.2, 0) is 13.0 Å². The lowest BCUT2D eigenvalue weighted by Crippen LogP contribution is -2.30. The molecule has 1 heterocycles. The largest absolute Gasteiger partial charge is 0.359 e. The van der Waals surface area contributed by atoms with Gasteiger partial charge in [-0.1, -0.05) is 34.1 Å². The molecule has 1 aromatic rings. The molecule has 1 aromatic heterocycles. The van der Waals surface area contributed by atoms with Crippen LogP contribution in [0.2, 0.25) is 0 Å². The molecule has 3 nitrogen and oxygen atoms in total. The van der Waals surface area contributed by atoms with E-state index >= 15 is 0 Å². The summed E-state index contributed by atoms with van der Waals surface area (Å²) in [6.45, 7) is 10.5. The van der Waals surface area contributed by atoms with E-state index in [2.05, 4.69) is 51.8 Å². The zero-order chi connectivity index (χ0) is 13.8. The molecule has 102 valence electrons. The molecule has 0 aliphatic carbocycles. The van der Waals surface area contributed by atoms with Crippen molar-refractivity contribution in [1.29, 1.82) is 0 Å². The lowest BCUT2D eigenvalue weighted by Gasteiger charge is -2.28. The van der Waals surface area contributed by atoms with Crippen molar-refractivity contribution in [3.05, 3.63) is 23.4 Å². The number of pyridine rings is 1. The van der Waals surface area contributed by atoms with Crippen LogP contribution in [0.25, 0.3) is 0 Å². The standard InChI is InChI=1S/C15H27N3/c1-6-7-13-8-12(10-16)9-14(17-13)18(5)11-15(2,3)4/h8-9H,6-7,10-11,16H2,1-5H3. The fraction of sp³-hybridized carbons (Fsp3) is 0.667. The zero-order valence-corrected chi connectivity index (χ0v) is 12.5. The number of aromatic nitrogens is 1. The number of nitrogens with two attached hydrogens (primary N) is 1. The highest BCUT2D eigenvalue weighted by atomic mass is 15.2. The highest BCUT2D eigenvalue weighted by Gasteiger charge is 2.15. The minimum atomic E-state index is 0.264. The van der Waals surface area contributed by atoms with Crippen molar-refractivity contribution in [3.63, 3.8) is 0 Å². The Morgan fingerprint density at radius 2 is 1.94 bits per heavy atom. The molecule has 0 saturated heterocycles. The van der Waals surface area contributed by atoms with Gasteiger partial charge < -0.3 is 10.6 Å². The van der Waals surface area contributed by atoms with Crippen LogP contribution in [0.3, 0.4) is 0 Å². The van der Waals surface area contributed by atoms with Gasteiger partial charge in [0.15, 0.2) is 0 Å². The second-order valence-electron chi connectivity index (χ2n) is 6.20. The number of aryl methyl sites for hydroxylation is 1. The van der Waals surface area contributed by atoms with Gasteiger partial charge in [0.05, 0.1) is 0 Å². The van der Waals surface area contributed by atoms with Crippen LogP contribution in [0.5, 0.6) is 0 Å². The number of hydrogen-bond donors (Lipinski definition) is 1. The molecule has 0 aromatic carbocycles. The van der Waals surface area contributed by atoms with Gasteiger partial charge in [-0.2, -0.15) is 0 Å². The van der Waals surface area contributed by atoms with Crippen LogP contribution in [-0.4, -0.2) is 18.6 Å². The van der Waals surface area contributed by atoms with Crippen molar-refractivity contribution in [1.82, 2.24) is 4.98 Å². The van der Waals surface area contributed by atoms with Gasteiger partial charge in [-0.05, 0) is 29.5 Å². The molecular weight excluding hydrogens is 222 g/mol. The monoisotopic (exact) mass is 249 g/mol. The van der Waals surface area contributed by atoms with Crippen LogP contribution >= 0.6 is 0 Å². The van der Waals surface area contributed by atoms with Crippen molar-refractivity contribution >= 4 is 5.82 Å². The summed E-state index contributed by atoms with van der Waals surface area (Å²) >= 11 is 0. The summed E-state index contributed by atoms with van der Waals surface area (Å²) < 4.78 is 0. The van der Waals surface area contributed by atoms with Crippen LogP contribution in [0.1, 0.15) is 45.4 Å². The predicted molar refractivity (Wildman–Crippen MR) is 78.8 cm³/mol. The Hall–Kier alpha value is -1.09. The van der Waals surface area contributed by atoms with Gasteiger partial charge in [0.25, 0.3) is 0 Å². The Morgan fingerprint density at radius 1 is 1.28 bits per heavy atom. The van der Waals surface area contributed by atoms with Crippen LogP contribution in [0.4, 0.5) is 5.82 Å². The molecule has 18 heavy (non-hydrogen) atoms. The van der Waals surface area contributed by atoms with Gasteiger partial charge in [-0.3, -0.25) is 0 Å². The SMILES string of the molecule is CCCc1cc(CN)cc(N(C)CC(C)(C)C)n1. The highest BCUT2D eigenvalue weighted by Crippen LogP contribution is 2.20. The summed E-state index contributed by atoms with van der Waals surface area (Å²) in [6.07, 6.45) is 2.13. The summed E-state index contributed by atoms with van der Waals surface area (Å²) in [7, 11) is 2.10. The second-order valence-corrected chi connectivity index (χ2v) is 6.20. The molecular formula is C15H27N3. The van der Waals surface area contributed by atoms with Crippen molar-refractivity contribution in [2.75, 3.05) is 18.5 Å². The predicted octanol–water partition coefficient (Wildman–Crippen LogP) is 2.98. The molecule has 0 radical (unpaired) electrons. The Bertz CT molecular complexity index is 380. The zero-order valence-electron chi connectivity index (χ0n) is 12.5. The van der Waals surface area contributed by atoms with E-state index in [-0.39, 0.29) is 5.41 Å². The third kappa shape index (κ3) is 4.65. The average Bonchev–Trinajstić information content (AvgIpc) is 2.26. The van der Waals surface area contributed by atoms with E-state index < -0.39 is 0 Å². The molecule has 0 fully saturated rings. The molecule has 0 spiro atoms. The van der Waals surface area contributed by atoms with Crippen LogP contribution in [0.15, 0.2) is 12.1 Å². The molecule has 0 amide bonds. The lowest BCUT2D eigenvalue weighted by atomic mass is 9.96. The van der Waals surface area contributed by atoms with Crippen molar-refractivity contribution in [2.45, 2.75) is 47.1 Å². The van der Waals surface area contributed by atoms with E-state index in [1.54, 1.807) is 0 Å². The maximum absolute atomic E-state index is 5.76. The van der Waals surface area contributed by atoms with Gasteiger partial charge in [0, 0.05) is 25.8 Å². The Morgan fingerprint density at radius 3 is 2.44 bits per heavy atom. The topological polar surface area (TPSA) is 42.1 Å². The highest BCUT2D eigenvalue weighted by molar-refractivity contribution is 5.42. The first-order valence-electron chi connectivity index (χ1n) is 6.76. The second kappa shape index (κ2) is 6.19. The Balaban J connectivity index is 2.96. The van der Waals surface area contributed by atoms with Gasteiger partial charge in [-0.15, -0.1) is 0 Å². The number of nitrogens with zero attached hydrogens (tertiary/aromatic N) is 2. The smallest absolute Gasteiger partial charge is 0.128 e. The fourth-order valence-corrected chi connectivity index (χ4v) is 2.12. The maximum atomic E-state index is 5.76. The normalized spacial score (nSPS) is 11.7. The van der Waals surface area contributed by atoms with Gasteiger partial charge >= 0.3 is 0 Å². The minimum absolute atomic E-state index is 0.264. The first kappa shape index (κ1) is 15.0. The lowest BCUT2D eigenvalue weighted by molar-refractivity contribution is 0.417. The van der Waals surface area contributed by atoms with Crippen LogP contribution < -0.4 is 10.6 Å². The third-order valence-corrected chi connectivity index (χ3v) is 2.77. The summed E-state index contributed by atoms with van der Waals surface area (Å²) in [5.74, 6) is 1.04. The first-order chi connectivity index (χ1) is 8.35. The molecule has 3 heteroatoms.